The SMILES string of the molecule is CN1CCN(Cc2cnc(Cl)cc2Cl)C(C)(C)C1=O. The highest BCUT2D eigenvalue weighted by atomic mass is 35.5. The molecule has 4 nitrogen and oxygen atoms in total. The minimum atomic E-state index is -0.532. The van der Waals surface area contributed by atoms with Crippen LogP contribution in [0, 0.1) is 0 Å². The lowest BCUT2D eigenvalue weighted by molar-refractivity contribution is -0.147. The molecule has 1 aliphatic heterocycles. The Kier molecular flexibility index (Phi) is 4.04. The van der Waals surface area contributed by atoms with E-state index in [9.17, 15) is 4.79 Å². The van der Waals surface area contributed by atoms with Crippen LogP contribution < -0.4 is 0 Å². The number of amides is 1. The van der Waals surface area contributed by atoms with E-state index in [1.807, 2.05) is 20.9 Å². The van der Waals surface area contributed by atoms with Gasteiger partial charge in [-0.1, -0.05) is 23.2 Å². The van der Waals surface area contributed by atoms with Crippen molar-refractivity contribution in [3.8, 4) is 0 Å². The predicted molar refractivity (Wildman–Crippen MR) is 76.4 cm³/mol. The summed E-state index contributed by atoms with van der Waals surface area (Å²) in [6.45, 7) is 6.00. The molecule has 0 aromatic carbocycles. The molecule has 0 atom stereocenters. The van der Waals surface area contributed by atoms with Gasteiger partial charge in [-0.2, -0.15) is 0 Å². The van der Waals surface area contributed by atoms with Crippen LogP contribution in [0.25, 0.3) is 0 Å². The molecule has 1 saturated heterocycles. The van der Waals surface area contributed by atoms with Gasteiger partial charge in [-0.25, -0.2) is 4.98 Å². The molecule has 0 unspecified atom stereocenters. The Bertz CT molecular complexity index is 505. The zero-order chi connectivity index (χ0) is 14.2. The summed E-state index contributed by atoms with van der Waals surface area (Å²) in [6.07, 6.45) is 1.67. The van der Waals surface area contributed by atoms with Gasteiger partial charge in [0.15, 0.2) is 0 Å². The van der Waals surface area contributed by atoms with Gasteiger partial charge in [0.25, 0.3) is 0 Å². The van der Waals surface area contributed by atoms with Crippen LogP contribution in [0.4, 0.5) is 0 Å². The molecule has 104 valence electrons. The van der Waals surface area contributed by atoms with Gasteiger partial charge in [0, 0.05) is 43.5 Å². The van der Waals surface area contributed by atoms with Gasteiger partial charge in [-0.15, -0.1) is 0 Å². The Morgan fingerprint density at radius 2 is 2.05 bits per heavy atom. The van der Waals surface area contributed by atoms with Crippen LogP contribution in [0.5, 0.6) is 0 Å². The fraction of sp³-hybridized carbons (Fsp3) is 0.538. The molecule has 6 heteroatoms. The maximum absolute atomic E-state index is 12.2. The Labute approximate surface area is 123 Å². The largest absolute Gasteiger partial charge is 0.343 e. The van der Waals surface area contributed by atoms with Crippen molar-refractivity contribution in [3.63, 3.8) is 0 Å². The number of halogens is 2. The zero-order valence-corrected chi connectivity index (χ0v) is 12.8. The van der Waals surface area contributed by atoms with Crippen molar-refractivity contribution in [1.29, 1.82) is 0 Å². The Morgan fingerprint density at radius 3 is 2.68 bits per heavy atom. The van der Waals surface area contributed by atoms with E-state index >= 15 is 0 Å². The molecule has 2 heterocycles. The standard InChI is InChI=1S/C13H17Cl2N3O/c1-13(2)12(19)17(3)4-5-18(13)8-9-7-16-11(15)6-10(9)14/h6-7H,4-5,8H2,1-3H3. The molecule has 0 spiro atoms. The van der Waals surface area contributed by atoms with E-state index in [1.165, 1.54) is 0 Å². The average Bonchev–Trinajstić information content (AvgIpc) is 2.33. The van der Waals surface area contributed by atoms with E-state index in [-0.39, 0.29) is 5.91 Å². The van der Waals surface area contributed by atoms with Crippen molar-refractivity contribution in [3.05, 3.63) is 28.0 Å². The van der Waals surface area contributed by atoms with Crippen LogP contribution in [-0.4, -0.2) is 46.4 Å². The normalized spacial score (nSPS) is 19.8. The third-order valence-electron chi connectivity index (χ3n) is 3.62. The Morgan fingerprint density at radius 1 is 1.37 bits per heavy atom. The maximum atomic E-state index is 12.2. The molecule has 0 aliphatic carbocycles. The number of aromatic nitrogens is 1. The summed E-state index contributed by atoms with van der Waals surface area (Å²) in [4.78, 5) is 20.1. The van der Waals surface area contributed by atoms with E-state index < -0.39 is 5.54 Å². The van der Waals surface area contributed by atoms with Gasteiger partial charge < -0.3 is 4.90 Å². The van der Waals surface area contributed by atoms with Crippen LogP contribution >= 0.6 is 23.2 Å². The number of nitrogens with zero attached hydrogens (tertiary/aromatic N) is 3. The number of rotatable bonds is 2. The van der Waals surface area contributed by atoms with E-state index in [0.29, 0.717) is 16.7 Å². The highest BCUT2D eigenvalue weighted by Gasteiger charge is 2.40. The third kappa shape index (κ3) is 2.86. The average molecular weight is 302 g/mol. The molecule has 0 radical (unpaired) electrons. The van der Waals surface area contributed by atoms with Crippen LogP contribution in [-0.2, 0) is 11.3 Å². The number of pyridine rings is 1. The smallest absolute Gasteiger partial charge is 0.242 e. The first-order chi connectivity index (χ1) is 8.82. The second-order valence-corrected chi connectivity index (χ2v) is 6.10. The van der Waals surface area contributed by atoms with Crippen LogP contribution in [0.2, 0.25) is 10.2 Å². The summed E-state index contributed by atoms with van der Waals surface area (Å²) < 4.78 is 0. The third-order valence-corrected chi connectivity index (χ3v) is 4.18. The Hall–Kier alpha value is -0.840. The number of hydrogen-bond donors (Lipinski definition) is 0. The van der Waals surface area contributed by atoms with Gasteiger partial charge in [0.1, 0.15) is 5.15 Å². The summed E-state index contributed by atoms with van der Waals surface area (Å²) in [7, 11) is 1.83. The van der Waals surface area contributed by atoms with Crippen LogP contribution in [0.1, 0.15) is 19.4 Å². The minimum Gasteiger partial charge on any atom is -0.343 e. The summed E-state index contributed by atoms with van der Waals surface area (Å²) >= 11 is 11.9. The molecule has 0 bridgehead atoms. The first kappa shape index (κ1) is 14.6. The number of carbonyl (C=O) groups is 1. The number of piperazine rings is 1. The molecule has 1 fully saturated rings. The summed E-state index contributed by atoms with van der Waals surface area (Å²) in [6, 6.07) is 1.63. The fourth-order valence-corrected chi connectivity index (χ4v) is 2.71. The lowest BCUT2D eigenvalue weighted by Crippen LogP contribution is -2.61. The van der Waals surface area contributed by atoms with E-state index in [0.717, 1.165) is 18.7 Å². The van der Waals surface area contributed by atoms with Crippen LogP contribution in [0.15, 0.2) is 12.3 Å². The number of hydrogen-bond acceptors (Lipinski definition) is 3. The van der Waals surface area contributed by atoms with Crippen molar-refractivity contribution in [2.75, 3.05) is 20.1 Å². The monoisotopic (exact) mass is 301 g/mol. The first-order valence-corrected chi connectivity index (χ1v) is 6.88. The second kappa shape index (κ2) is 5.27. The van der Waals surface area contributed by atoms with Crippen molar-refractivity contribution in [2.24, 2.45) is 0 Å². The molecular weight excluding hydrogens is 285 g/mol. The summed E-state index contributed by atoms with van der Waals surface area (Å²) in [5.41, 5.74) is 0.354. The maximum Gasteiger partial charge on any atom is 0.242 e. The molecule has 1 aliphatic rings. The molecule has 2 rings (SSSR count). The van der Waals surface area contributed by atoms with Crippen LogP contribution in [0.3, 0.4) is 0 Å². The quantitative estimate of drug-likeness (QED) is 0.787. The highest BCUT2D eigenvalue weighted by Crippen LogP contribution is 2.27. The topological polar surface area (TPSA) is 36.4 Å². The predicted octanol–water partition coefficient (Wildman–Crippen LogP) is 2.44. The molecule has 1 aromatic rings. The molecule has 0 saturated carbocycles. The molecule has 1 amide bonds. The fourth-order valence-electron chi connectivity index (χ4n) is 2.29. The van der Waals surface area contributed by atoms with Gasteiger partial charge in [-0.05, 0) is 19.9 Å². The van der Waals surface area contributed by atoms with E-state index in [2.05, 4.69) is 9.88 Å². The van der Waals surface area contributed by atoms with Crippen molar-refractivity contribution in [2.45, 2.75) is 25.9 Å². The first-order valence-electron chi connectivity index (χ1n) is 6.13. The van der Waals surface area contributed by atoms with Crippen molar-refractivity contribution in [1.82, 2.24) is 14.8 Å². The van der Waals surface area contributed by atoms with Gasteiger partial charge in [-0.3, -0.25) is 9.69 Å². The van der Waals surface area contributed by atoms with Gasteiger partial charge in [0.05, 0.1) is 5.54 Å². The Balaban J connectivity index is 2.21. The van der Waals surface area contributed by atoms with Gasteiger partial charge >= 0.3 is 0 Å². The second-order valence-electron chi connectivity index (χ2n) is 5.31. The minimum absolute atomic E-state index is 0.122. The number of carbonyl (C=O) groups excluding carboxylic acids is 1. The van der Waals surface area contributed by atoms with Crippen molar-refractivity contribution >= 4 is 29.1 Å². The molecule has 1 aromatic heterocycles. The molecule has 19 heavy (non-hydrogen) atoms. The lowest BCUT2D eigenvalue weighted by Gasteiger charge is -2.44. The van der Waals surface area contributed by atoms with Gasteiger partial charge in [0.2, 0.25) is 5.91 Å². The van der Waals surface area contributed by atoms with E-state index in [4.69, 9.17) is 23.2 Å². The highest BCUT2D eigenvalue weighted by molar-refractivity contribution is 6.34. The zero-order valence-electron chi connectivity index (χ0n) is 11.3. The van der Waals surface area contributed by atoms with Crippen molar-refractivity contribution < 1.29 is 4.79 Å². The molecule has 0 N–H and O–H groups in total. The summed E-state index contributed by atoms with van der Waals surface area (Å²) in [5, 5.41) is 0.963. The molecular formula is C13H17Cl2N3O. The lowest BCUT2D eigenvalue weighted by atomic mass is 9.97. The number of likely N-dealkylation sites (N-methyl/N-ethyl adjacent to an activating group) is 1. The van der Waals surface area contributed by atoms with E-state index in [1.54, 1.807) is 17.2 Å². The summed E-state index contributed by atoms with van der Waals surface area (Å²) in [5.74, 6) is 0.122.